The van der Waals surface area contributed by atoms with Crippen LogP contribution in [0.15, 0.2) is 53.4 Å². The maximum absolute atomic E-state index is 12.8. The SMILES string of the molecule is NCCNS(=O)(=O)c1cccc(NC(=O)C2CCCc3ccccc32)c1. The maximum Gasteiger partial charge on any atom is 0.240 e. The Kier molecular flexibility index (Phi) is 5.70. The monoisotopic (exact) mass is 373 g/mol. The fraction of sp³-hybridized carbons (Fsp3) is 0.316. The first kappa shape index (κ1) is 18.6. The second kappa shape index (κ2) is 7.99. The van der Waals surface area contributed by atoms with Crippen LogP contribution < -0.4 is 15.8 Å². The van der Waals surface area contributed by atoms with Crippen LogP contribution in [-0.4, -0.2) is 27.4 Å². The minimum atomic E-state index is -3.64. The van der Waals surface area contributed by atoms with Gasteiger partial charge in [0.2, 0.25) is 15.9 Å². The molecule has 0 saturated carbocycles. The fourth-order valence-corrected chi connectivity index (χ4v) is 4.37. The van der Waals surface area contributed by atoms with E-state index in [1.54, 1.807) is 12.1 Å². The Morgan fingerprint density at radius 3 is 2.77 bits per heavy atom. The number of hydrogen-bond acceptors (Lipinski definition) is 4. The molecule has 0 aromatic heterocycles. The summed E-state index contributed by atoms with van der Waals surface area (Å²) >= 11 is 0. The number of rotatable bonds is 6. The van der Waals surface area contributed by atoms with E-state index in [0.717, 1.165) is 24.8 Å². The van der Waals surface area contributed by atoms with Crippen LogP contribution in [0.1, 0.15) is 29.9 Å². The molecular formula is C19H23N3O3S. The highest BCUT2D eigenvalue weighted by atomic mass is 32.2. The van der Waals surface area contributed by atoms with Gasteiger partial charge in [0.05, 0.1) is 10.8 Å². The molecule has 1 atom stereocenters. The van der Waals surface area contributed by atoms with Crippen LogP contribution in [0.4, 0.5) is 5.69 Å². The number of carbonyl (C=O) groups is 1. The summed E-state index contributed by atoms with van der Waals surface area (Å²) < 4.78 is 26.8. The van der Waals surface area contributed by atoms with Crippen molar-refractivity contribution < 1.29 is 13.2 Å². The third-order valence-corrected chi connectivity index (χ3v) is 5.99. The third-order valence-electron chi connectivity index (χ3n) is 4.53. The van der Waals surface area contributed by atoms with E-state index in [-0.39, 0.29) is 29.8 Å². The molecule has 6 nitrogen and oxygen atoms in total. The van der Waals surface area contributed by atoms with E-state index in [1.165, 1.54) is 17.7 Å². The molecule has 0 aliphatic heterocycles. The molecule has 0 saturated heterocycles. The minimum absolute atomic E-state index is 0.104. The molecule has 2 aromatic carbocycles. The van der Waals surface area contributed by atoms with E-state index < -0.39 is 10.0 Å². The van der Waals surface area contributed by atoms with Crippen LogP contribution in [0, 0.1) is 0 Å². The average Bonchev–Trinajstić information content (AvgIpc) is 2.66. The Morgan fingerprint density at radius 1 is 1.15 bits per heavy atom. The lowest BCUT2D eigenvalue weighted by Gasteiger charge is -2.24. The number of hydrogen-bond donors (Lipinski definition) is 3. The smallest absolute Gasteiger partial charge is 0.240 e. The predicted octanol–water partition coefficient (Wildman–Crippen LogP) is 1.98. The highest BCUT2D eigenvalue weighted by molar-refractivity contribution is 7.89. The molecule has 2 aromatic rings. The van der Waals surface area contributed by atoms with E-state index in [2.05, 4.69) is 16.1 Å². The van der Waals surface area contributed by atoms with Crippen molar-refractivity contribution >= 4 is 21.6 Å². The van der Waals surface area contributed by atoms with Gasteiger partial charge < -0.3 is 11.1 Å². The van der Waals surface area contributed by atoms with Crippen molar-refractivity contribution in [1.82, 2.24) is 4.72 Å². The van der Waals surface area contributed by atoms with Crippen LogP contribution >= 0.6 is 0 Å². The molecule has 138 valence electrons. The standard InChI is InChI=1S/C19H23N3O3S/c20-11-12-21-26(24,25)16-8-4-7-15(13-16)22-19(23)18-10-3-6-14-5-1-2-9-17(14)18/h1-2,4-5,7-9,13,18,21H,3,6,10-12,20H2,(H,22,23). The Hall–Kier alpha value is -2.22. The van der Waals surface area contributed by atoms with Crippen molar-refractivity contribution in [2.24, 2.45) is 5.73 Å². The largest absolute Gasteiger partial charge is 0.329 e. The number of aryl methyl sites for hydroxylation is 1. The Labute approximate surface area is 153 Å². The van der Waals surface area contributed by atoms with Crippen molar-refractivity contribution in [1.29, 1.82) is 0 Å². The topological polar surface area (TPSA) is 101 Å². The highest BCUT2D eigenvalue weighted by Crippen LogP contribution is 2.32. The molecule has 4 N–H and O–H groups in total. The molecular weight excluding hydrogens is 350 g/mol. The van der Waals surface area contributed by atoms with Gasteiger partial charge in [0.1, 0.15) is 0 Å². The van der Waals surface area contributed by atoms with Crippen LogP contribution in [0.2, 0.25) is 0 Å². The van der Waals surface area contributed by atoms with Gasteiger partial charge in [-0.3, -0.25) is 4.79 Å². The molecule has 1 amide bonds. The summed E-state index contributed by atoms with van der Waals surface area (Å²) in [5, 5.41) is 2.87. The molecule has 0 bridgehead atoms. The number of anilines is 1. The summed E-state index contributed by atoms with van der Waals surface area (Å²) in [6.45, 7) is 0.383. The van der Waals surface area contributed by atoms with E-state index in [0.29, 0.717) is 5.69 Å². The van der Waals surface area contributed by atoms with Gasteiger partial charge in [-0.15, -0.1) is 0 Å². The first-order valence-corrected chi connectivity index (χ1v) is 10.2. The van der Waals surface area contributed by atoms with Crippen molar-refractivity contribution in [3.05, 3.63) is 59.7 Å². The summed E-state index contributed by atoms with van der Waals surface area (Å²) in [6.07, 6.45) is 2.74. The van der Waals surface area contributed by atoms with Crippen molar-refractivity contribution in [3.63, 3.8) is 0 Å². The van der Waals surface area contributed by atoms with Crippen LogP contribution in [0.3, 0.4) is 0 Å². The third kappa shape index (κ3) is 4.12. The molecule has 1 unspecified atom stereocenters. The van der Waals surface area contributed by atoms with Gasteiger partial charge in [-0.25, -0.2) is 13.1 Å². The van der Waals surface area contributed by atoms with Crippen LogP contribution in [0.25, 0.3) is 0 Å². The summed E-state index contributed by atoms with van der Waals surface area (Å²) in [6, 6.07) is 14.2. The lowest BCUT2D eigenvalue weighted by Crippen LogP contribution is -2.29. The number of carbonyl (C=O) groups excluding carboxylic acids is 1. The number of nitrogens with two attached hydrogens (primary N) is 1. The highest BCUT2D eigenvalue weighted by Gasteiger charge is 2.26. The Morgan fingerprint density at radius 2 is 1.96 bits per heavy atom. The number of nitrogens with one attached hydrogen (secondary N) is 2. The van der Waals surface area contributed by atoms with Gasteiger partial charge in [0.25, 0.3) is 0 Å². The first-order valence-electron chi connectivity index (χ1n) is 8.70. The minimum Gasteiger partial charge on any atom is -0.329 e. The molecule has 0 radical (unpaired) electrons. The molecule has 26 heavy (non-hydrogen) atoms. The zero-order valence-electron chi connectivity index (χ0n) is 14.4. The fourth-order valence-electron chi connectivity index (χ4n) is 3.27. The van der Waals surface area contributed by atoms with Gasteiger partial charge >= 0.3 is 0 Å². The lowest BCUT2D eigenvalue weighted by molar-refractivity contribution is -0.117. The van der Waals surface area contributed by atoms with Crippen molar-refractivity contribution in [2.45, 2.75) is 30.1 Å². The number of fused-ring (bicyclic) bond motifs is 1. The van der Waals surface area contributed by atoms with Crippen molar-refractivity contribution in [3.8, 4) is 0 Å². The molecule has 7 heteroatoms. The summed E-state index contributed by atoms with van der Waals surface area (Å²) in [5.74, 6) is -0.322. The molecule has 1 aliphatic rings. The maximum atomic E-state index is 12.8. The molecule has 0 fully saturated rings. The van der Waals surface area contributed by atoms with Gasteiger partial charge in [-0.1, -0.05) is 30.3 Å². The van der Waals surface area contributed by atoms with Crippen LogP contribution in [-0.2, 0) is 21.2 Å². The van der Waals surface area contributed by atoms with Gasteiger partial charge in [0.15, 0.2) is 0 Å². The zero-order chi connectivity index (χ0) is 18.6. The average molecular weight is 373 g/mol. The number of amides is 1. The summed E-state index contributed by atoms with van der Waals surface area (Å²) in [4.78, 5) is 12.9. The molecule has 0 spiro atoms. The van der Waals surface area contributed by atoms with E-state index in [9.17, 15) is 13.2 Å². The lowest BCUT2D eigenvalue weighted by atomic mass is 9.82. The molecule has 3 rings (SSSR count). The zero-order valence-corrected chi connectivity index (χ0v) is 15.3. The van der Waals surface area contributed by atoms with Gasteiger partial charge in [0, 0.05) is 18.8 Å². The van der Waals surface area contributed by atoms with E-state index in [4.69, 9.17) is 5.73 Å². The first-order chi connectivity index (χ1) is 12.5. The Balaban J connectivity index is 1.78. The van der Waals surface area contributed by atoms with Crippen LogP contribution in [0.5, 0.6) is 0 Å². The van der Waals surface area contributed by atoms with Crippen molar-refractivity contribution in [2.75, 3.05) is 18.4 Å². The van der Waals surface area contributed by atoms with E-state index >= 15 is 0 Å². The quantitative estimate of drug-likeness (QED) is 0.721. The predicted molar refractivity (Wildman–Crippen MR) is 101 cm³/mol. The van der Waals surface area contributed by atoms with E-state index in [1.807, 2.05) is 18.2 Å². The summed E-state index contributed by atoms with van der Waals surface area (Å²) in [5.41, 5.74) is 8.08. The molecule has 0 heterocycles. The number of benzene rings is 2. The molecule has 1 aliphatic carbocycles. The number of sulfonamides is 1. The second-order valence-electron chi connectivity index (χ2n) is 6.35. The second-order valence-corrected chi connectivity index (χ2v) is 8.11. The van der Waals surface area contributed by atoms with Gasteiger partial charge in [-0.05, 0) is 48.6 Å². The Bertz CT molecular complexity index is 896. The normalized spacial score (nSPS) is 16.7. The summed E-state index contributed by atoms with van der Waals surface area (Å²) in [7, 11) is -3.64. The van der Waals surface area contributed by atoms with Gasteiger partial charge in [-0.2, -0.15) is 0 Å².